The highest BCUT2D eigenvalue weighted by molar-refractivity contribution is 5.10. The Morgan fingerprint density at radius 3 is 2.95 bits per heavy atom. The maximum Gasteiger partial charge on any atom is 0.141 e. The van der Waals surface area contributed by atoms with Gasteiger partial charge in [-0.3, -0.25) is 4.98 Å². The maximum absolute atomic E-state index is 13.0. The molecule has 1 aromatic heterocycles. The molecule has 4 nitrogen and oxygen atoms in total. The van der Waals surface area contributed by atoms with E-state index in [1.54, 1.807) is 6.07 Å². The van der Waals surface area contributed by atoms with Gasteiger partial charge in [0.15, 0.2) is 0 Å². The predicted molar refractivity (Wildman–Crippen MR) is 77.0 cm³/mol. The third kappa shape index (κ3) is 4.23. The fourth-order valence-electron chi connectivity index (χ4n) is 2.79. The Kier molecular flexibility index (Phi) is 5.88. The van der Waals surface area contributed by atoms with Gasteiger partial charge in [0, 0.05) is 26.2 Å². The van der Waals surface area contributed by atoms with E-state index >= 15 is 0 Å². The van der Waals surface area contributed by atoms with Crippen LogP contribution in [0.25, 0.3) is 0 Å². The second kappa shape index (κ2) is 7.67. The van der Waals surface area contributed by atoms with Crippen molar-refractivity contribution < 1.29 is 9.13 Å². The summed E-state index contributed by atoms with van der Waals surface area (Å²) in [5.74, 6) is 0.108. The van der Waals surface area contributed by atoms with Crippen LogP contribution in [-0.4, -0.2) is 49.8 Å². The number of hydrogen-bond acceptors (Lipinski definition) is 4. The lowest BCUT2D eigenvalue weighted by Crippen LogP contribution is -2.36. The Labute approximate surface area is 120 Å². The average molecular weight is 281 g/mol. The summed E-state index contributed by atoms with van der Waals surface area (Å²) in [6.45, 7) is 6.94. The third-order valence-corrected chi connectivity index (χ3v) is 3.81. The molecule has 0 saturated carbocycles. The molecule has 0 amide bonds. The SMILES string of the molecule is CNC(c1ccc(F)cn1)C(C)CN1CCCOCC1. The molecule has 1 aliphatic heterocycles. The van der Waals surface area contributed by atoms with E-state index in [4.69, 9.17) is 4.74 Å². The molecule has 1 N–H and O–H groups in total. The van der Waals surface area contributed by atoms with Gasteiger partial charge in [-0.15, -0.1) is 0 Å². The minimum atomic E-state index is -0.291. The van der Waals surface area contributed by atoms with Crippen LogP contribution in [0.3, 0.4) is 0 Å². The van der Waals surface area contributed by atoms with Gasteiger partial charge in [-0.25, -0.2) is 4.39 Å². The number of hydrogen-bond donors (Lipinski definition) is 1. The molecule has 0 bridgehead atoms. The summed E-state index contributed by atoms with van der Waals surface area (Å²) >= 11 is 0. The predicted octanol–water partition coefficient (Wildman–Crippen LogP) is 1.84. The van der Waals surface area contributed by atoms with Gasteiger partial charge in [0.25, 0.3) is 0 Å². The van der Waals surface area contributed by atoms with Crippen molar-refractivity contribution in [3.63, 3.8) is 0 Å². The molecule has 0 spiro atoms. The molecule has 20 heavy (non-hydrogen) atoms. The number of halogens is 1. The van der Waals surface area contributed by atoms with Gasteiger partial charge in [-0.2, -0.15) is 0 Å². The van der Waals surface area contributed by atoms with Crippen molar-refractivity contribution in [3.05, 3.63) is 29.8 Å². The monoisotopic (exact) mass is 281 g/mol. The van der Waals surface area contributed by atoms with E-state index < -0.39 is 0 Å². The molecule has 5 heteroatoms. The third-order valence-electron chi connectivity index (χ3n) is 3.81. The van der Waals surface area contributed by atoms with Gasteiger partial charge in [0.05, 0.1) is 24.5 Å². The summed E-state index contributed by atoms with van der Waals surface area (Å²) < 4.78 is 18.4. The molecule has 2 unspecified atom stereocenters. The van der Waals surface area contributed by atoms with Crippen molar-refractivity contribution in [3.8, 4) is 0 Å². The minimum Gasteiger partial charge on any atom is -0.380 e. The van der Waals surface area contributed by atoms with Crippen molar-refractivity contribution in [2.24, 2.45) is 5.92 Å². The topological polar surface area (TPSA) is 37.4 Å². The zero-order valence-corrected chi connectivity index (χ0v) is 12.3. The normalized spacial score (nSPS) is 20.4. The average Bonchev–Trinajstić information content (AvgIpc) is 2.70. The van der Waals surface area contributed by atoms with Crippen molar-refractivity contribution in [2.75, 3.05) is 39.9 Å². The summed E-state index contributed by atoms with van der Waals surface area (Å²) in [5.41, 5.74) is 0.896. The van der Waals surface area contributed by atoms with E-state index in [9.17, 15) is 4.39 Å². The molecular formula is C15H24FN3O. The molecule has 0 radical (unpaired) electrons. The quantitative estimate of drug-likeness (QED) is 0.893. The second-order valence-electron chi connectivity index (χ2n) is 5.41. The number of nitrogens with one attached hydrogen (secondary N) is 1. The van der Waals surface area contributed by atoms with Crippen molar-refractivity contribution in [1.82, 2.24) is 15.2 Å². The molecule has 1 aromatic rings. The summed E-state index contributed by atoms with van der Waals surface area (Å²) in [6, 6.07) is 3.37. The molecule has 2 rings (SSSR count). The Morgan fingerprint density at radius 1 is 1.40 bits per heavy atom. The summed E-state index contributed by atoms with van der Waals surface area (Å²) in [6.07, 6.45) is 2.37. The molecule has 0 aliphatic carbocycles. The van der Waals surface area contributed by atoms with E-state index in [-0.39, 0.29) is 11.9 Å². The van der Waals surface area contributed by atoms with Crippen LogP contribution >= 0.6 is 0 Å². The lowest BCUT2D eigenvalue weighted by atomic mass is 9.97. The minimum absolute atomic E-state index is 0.139. The Hall–Kier alpha value is -1.04. The fourth-order valence-corrected chi connectivity index (χ4v) is 2.79. The Bertz CT molecular complexity index is 391. The molecule has 1 saturated heterocycles. The van der Waals surface area contributed by atoms with Gasteiger partial charge < -0.3 is 15.0 Å². The zero-order valence-electron chi connectivity index (χ0n) is 12.3. The molecule has 0 aromatic carbocycles. The Balaban J connectivity index is 1.97. The standard InChI is InChI=1S/C15H24FN3O/c1-12(11-19-6-3-8-20-9-7-19)15(17-2)14-5-4-13(16)10-18-14/h4-5,10,12,15,17H,3,6-9,11H2,1-2H3. The lowest BCUT2D eigenvalue weighted by Gasteiger charge is -2.29. The highest BCUT2D eigenvalue weighted by Gasteiger charge is 2.22. The van der Waals surface area contributed by atoms with Crippen molar-refractivity contribution in [1.29, 1.82) is 0 Å². The van der Waals surface area contributed by atoms with Crippen LogP contribution < -0.4 is 5.32 Å². The van der Waals surface area contributed by atoms with Crippen LogP contribution in [-0.2, 0) is 4.74 Å². The second-order valence-corrected chi connectivity index (χ2v) is 5.41. The van der Waals surface area contributed by atoms with Crippen molar-refractivity contribution >= 4 is 0 Å². The molecule has 2 atom stereocenters. The number of nitrogens with zero attached hydrogens (tertiary/aromatic N) is 2. The molecule has 1 aliphatic rings. The van der Waals surface area contributed by atoms with Crippen LogP contribution in [0.5, 0.6) is 0 Å². The highest BCUT2D eigenvalue weighted by atomic mass is 19.1. The van der Waals surface area contributed by atoms with Gasteiger partial charge in [-0.1, -0.05) is 6.92 Å². The molecule has 112 valence electrons. The van der Waals surface area contributed by atoms with E-state index in [1.807, 2.05) is 7.05 Å². The number of ether oxygens (including phenoxy) is 1. The molecule has 1 fully saturated rings. The van der Waals surface area contributed by atoms with E-state index in [0.29, 0.717) is 5.92 Å². The van der Waals surface area contributed by atoms with Crippen LogP contribution in [0, 0.1) is 11.7 Å². The highest BCUT2D eigenvalue weighted by Crippen LogP contribution is 2.21. The lowest BCUT2D eigenvalue weighted by molar-refractivity contribution is 0.136. The van der Waals surface area contributed by atoms with Gasteiger partial charge in [0.2, 0.25) is 0 Å². The van der Waals surface area contributed by atoms with Crippen LogP contribution in [0.15, 0.2) is 18.3 Å². The Morgan fingerprint density at radius 2 is 2.25 bits per heavy atom. The van der Waals surface area contributed by atoms with Crippen LogP contribution in [0.2, 0.25) is 0 Å². The van der Waals surface area contributed by atoms with E-state index in [2.05, 4.69) is 22.1 Å². The first-order valence-corrected chi connectivity index (χ1v) is 7.29. The first-order chi connectivity index (χ1) is 9.70. The van der Waals surface area contributed by atoms with E-state index in [0.717, 1.165) is 45.0 Å². The number of rotatable bonds is 5. The number of pyridine rings is 1. The number of aromatic nitrogens is 1. The summed E-state index contributed by atoms with van der Waals surface area (Å²) in [4.78, 5) is 6.64. The first kappa shape index (κ1) is 15.4. The first-order valence-electron chi connectivity index (χ1n) is 7.29. The maximum atomic E-state index is 13.0. The van der Waals surface area contributed by atoms with Crippen LogP contribution in [0.1, 0.15) is 25.1 Å². The fraction of sp³-hybridized carbons (Fsp3) is 0.667. The summed E-state index contributed by atoms with van der Waals surface area (Å²) in [7, 11) is 1.93. The van der Waals surface area contributed by atoms with Gasteiger partial charge >= 0.3 is 0 Å². The van der Waals surface area contributed by atoms with Gasteiger partial charge in [0.1, 0.15) is 5.82 Å². The summed E-state index contributed by atoms with van der Waals surface area (Å²) in [5, 5.41) is 3.30. The molecular weight excluding hydrogens is 257 g/mol. The van der Waals surface area contributed by atoms with Crippen molar-refractivity contribution in [2.45, 2.75) is 19.4 Å². The van der Waals surface area contributed by atoms with Gasteiger partial charge in [-0.05, 0) is 31.5 Å². The molecule has 2 heterocycles. The largest absolute Gasteiger partial charge is 0.380 e. The smallest absolute Gasteiger partial charge is 0.141 e. The van der Waals surface area contributed by atoms with Crippen LogP contribution in [0.4, 0.5) is 4.39 Å². The van der Waals surface area contributed by atoms with E-state index in [1.165, 1.54) is 12.3 Å². The zero-order chi connectivity index (χ0) is 14.4.